The number of ether oxygens (including phenoxy) is 2. The molecule has 2 aromatic rings. The first-order valence-electron chi connectivity index (χ1n) is 10.7. The van der Waals surface area contributed by atoms with Gasteiger partial charge < -0.3 is 19.3 Å². The molecule has 0 N–H and O–H groups in total. The largest absolute Gasteiger partial charge is 0.493 e. The van der Waals surface area contributed by atoms with Gasteiger partial charge >= 0.3 is 0 Å². The van der Waals surface area contributed by atoms with Gasteiger partial charge in [0.05, 0.1) is 13.2 Å². The zero-order valence-corrected chi connectivity index (χ0v) is 18.2. The van der Waals surface area contributed by atoms with E-state index in [1.165, 1.54) is 0 Å². The maximum atomic E-state index is 13.2. The Morgan fingerprint density at radius 1 is 1.10 bits per heavy atom. The van der Waals surface area contributed by atoms with Gasteiger partial charge in [0.2, 0.25) is 5.91 Å². The molecule has 3 heterocycles. The summed E-state index contributed by atoms with van der Waals surface area (Å²) in [4.78, 5) is 28.4. The number of likely N-dealkylation sites (tertiary alicyclic amines) is 2. The molecule has 1 aromatic carbocycles. The summed E-state index contributed by atoms with van der Waals surface area (Å²) in [6, 6.07) is 5.16. The number of hydrogen-bond acceptors (Lipinski definition) is 7. The predicted molar refractivity (Wildman–Crippen MR) is 111 cm³/mol. The highest BCUT2D eigenvalue weighted by Crippen LogP contribution is 2.35. The summed E-state index contributed by atoms with van der Waals surface area (Å²) in [6.07, 6.45) is 3.28. The molecule has 0 saturated carbocycles. The van der Waals surface area contributed by atoms with Gasteiger partial charge in [-0.2, -0.15) is 0 Å². The average Bonchev–Trinajstić information content (AvgIpc) is 3.42. The highest BCUT2D eigenvalue weighted by atomic mass is 16.6. The summed E-state index contributed by atoms with van der Waals surface area (Å²) in [5, 5.41) is 7.86. The molecule has 2 aliphatic heterocycles. The number of amides is 2. The molecule has 2 amide bonds. The number of hydrogen-bond donors (Lipinski definition) is 0. The Labute approximate surface area is 181 Å². The van der Waals surface area contributed by atoms with E-state index in [1.54, 1.807) is 32.2 Å². The third kappa shape index (κ3) is 4.35. The molecule has 0 spiro atoms. The smallest absolute Gasteiger partial charge is 0.254 e. The van der Waals surface area contributed by atoms with Crippen LogP contribution >= 0.6 is 0 Å². The molecule has 31 heavy (non-hydrogen) atoms. The third-order valence-electron chi connectivity index (χ3n) is 6.11. The van der Waals surface area contributed by atoms with Crippen molar-refractivity contribution in [2.75, 3.05) is 26.7 Å². The summed E-state index contributed by atoms with van der Waals surface area (Å²) < 4.78 is 16.5. The summed E-state index contributed by atoms with van der Waals surface area (Å²) in [5.41, 5.74) is 1.97. The van der Waals surface area contributed by atoms with Gasteiger partial charge in [0.15, 0.2) is 11.5 Å². The summed E-state index contributed by atoms with van der Waals surface area (Å²) in [5.74, 6) is 1.14. The molecule has 0 bridgehead atoms. The first-order chi connectivity index (χ1) is 15.0. The zero-order chi connectivity index (χ0) is 22.0. The van der Waals surface area contributed by atoms with Crippen molar-refractivity contribution in [2.45, 2.75) is 51.7 Å². The zero-order valence-electron chi connectivity index (χ0n) is 18.2. The number of benzene rings is 1. The van der Waals surface area contributed by atoms with E-state index in [4.69, 9.17) is 14.1 Å². The van der Waals surface area contributed by atoms with E-state index < -0.39 is 0 Å². The van der Waals surface area contributed by atoms with Gasteiger partial charge in [-0.1, -0.05) is 10.3 Å². The third-order valence-corrected chi connectivity index (χ3v) is 6.11. The molecular formula is C22H28N4O5. The second-order valence-corrected chi connectivity index (χ2v) is 8.08. The molecule has 2 fully saturated rings. The lowest BCUT2D eigenvalue weighted by Gasteiger charge is -2.31. The second kappa shape index (κ2) is 8.95. The Bertz CT molecular complexity index is 951. The standard InChI is InChI=1S/C22H28N4O5/c1-14-21(24-31-23-14)18-5-4-10-26(18)22(28)16-6-7-19(20(13-16)29-3)30-17-8-11-25(12-9-17)15(2)27/h6-7,13,17-18H,4-5,8-12H2,1-3H3/t18-/m1/s1. The lowest BCUT2D eigenvalue weighted by atomic mass is 10.1. The van der Waals surface area contributed by atoms with Crippen LogP contribution in [-0.4, -0.2) is 64.8 Å². The van der Waals surface area contributed by atoms with Gasteiger partial charge in [-0.25, -0.2) is 4.63 Å². The van der Waals surface area contributed by atoms with Crippen molar-refractivity contribution in [2.24, 2.45) is 0 Å². The Balaban J connectivity index is 1.47. The van der Waals surface area contributed by atoms with Crippen LogP contribution in [0.4, 0.5) is 0 Å². The van der Waals surface area contributed by atoms with Crippen LogP contribution in [0.25, 0.3) is 0 Å². The summed E-state index contributed by atoms with van der Waals surface area (Å²) >= 11 is 0. The molecule has 166 valence electrons. The first kappa shape index (κ1) is 21.1. The Morgan fingerprint density at radius 3 is 2.52 bits per heavy atom. The van der Waals surface area contributed by atoms with Crippen LogP contribution in [0.15, 0.2) is 22.8 Å². The monoisotopic (exact) mass is 428 g/mol. The minimum Gasteiger partial charge on any atom is -0.493 e. The van der Waals surface area contributed by atoms with Gasteiger partial charge in [-0.05, 0) is 38.0 Å². The summed E-state index contributed by atoms with van der Waals surface area (Å²) in [6.45, 7) is 5.45. The lowest BCUT2D eigenvalue weighted by Crippen LogP contribution is -2.40. The van der Waals surface area contributed by atoms with Crippen molar-refractivity contribution < 1.29 is 23.7 Å². The van der Waals surface area contributed by atoms with Crippen LogP contribution in [0.1, 0.15) is 60.4 Å². The van der Waals surface area contributed by atoms with Gasteiger partial charge in [-0.3, -0.25) is 9.59 Å². The first-order valence-corrected chi connectivity index (χ1v) is 10.7. The van der Waals surface area contributed by atoms with Crippen LogP contribution in [0.5, 0.6) is 11.5 Å². The van der Waals surface area contributed by atoms with Crippen molar-refractivity contribution in [3.63, 3.8) is 0 Å². The van der Waals surface area contributed by atoms with Gasteiger partial charge in [-0.15, -0.1) is 0 Å². The van der Waals surface area contributed by atoms with E-state index in [9.17, 15) is 9.59 Å². The second-order valence-electron chi connectivity index (χ2n) is 8.08. The fourth-order valence-electron chi connectivity index (χ4n) is 4.37. The molecule has 9 nitrogen and oxygen atoms in total. The van der Waals surface area contributed by atoms with Crippen molar-refractivity contribution >= 4 is 11.8 Å². The van der Waals surface area contributed by atoms with Crippen LogP contribution in [0.3, 0.4) is 0 Å². The Kier molecular flexibility index (Phi) is 6.11. The maximum absolute atomic E-state index is 13.2. The number of aromatic nitrogens is 2. The highest BCUT2D eigenvalue weighted by Gasteiger charge is 2.34. The molecule has 1 aromatic heterocycles. The Hall–Kier alpha value is -3.10. The van der Waals surface area contributed by atoms with E-state index in [1.807, 2.05) is 16.7 Å². The molecular weight excluding hydrogens is 400 g/mol. The van der Waals surface area contributed by atoms with Gasteiger partial charge in [0, 0.05) is 45.0 Å². The van der Waals surface area contributed by atoms with Gasteiger partial charge in [0.25, 0.3) is 5.91 Å². The quantitative estimate of drug-likeness (QED) is 0.722. The van der Waals surface area contributed by atoms with E-state index >= 15 is 0 Å². The number of carbonyl (C=O) groups excluding carboxylic acids is 2. The molecule has 4 rings (SSSR count). The number of piperidine rings is 1. The van der Waals surface area contributed by atoms with E-state index in [0.29, 0.717) is 42.4 Å². The van der Waals surface area contributed by atoms with Crippen molar-refractivity contribution in [3.8, 4) is 11.5 Å². The van der Waals surface area contributed by atoms with Crippen molar-refractivity contribution in [1.82, 2.24) is 20.1 Å². The van der Waals surface area contributed by atoms with Gasteiger partial charge in [0.1, 0.15) is 17.5 Å². The summed E-state index contributed by atoms with van der Waals surface area (Å²) in [7, 11) is 1.57. The molecule has 0 radical (unpaired) electrons. The SMILES string of the molecule is COc1cc(C(=O)N2CCC[C@@H]2c2nonc2C)ccc1OC1CCN(C(C)=O)CC1. The molecule has 0 aliphatic carbocycles. The van der Waals surface area contributed by atoms with E-state index in [0.717, 1.165) is 31.4 Å². The number of aryl methyl sites for hydroxylation is 1. The van der Waals surface area contributed by atoms with E-state index in [-0.39, 0.29) is 24.0 Å². The molecule has 2 saturated heterocycles. The normalized spacial score (nSPS) is 19.5. The van der Waals surface area contributed by atoms with Crippen LogP contribution < -0.4 is 9.47 Å². The predicted octanol–water partition coefficient (Wildman–Crippen LogP) is 2.75. The molecule has 0 unspecified atom stereocenters. The number of methoxy groups -OCH3 is 1. The minimum absolute atomic E-state index is 0.0108. The number of nitrogens with zero attached hydrogens (tertiary/aromatic N) is 4. The van der Waals surface area contributed by atoms with E-state index in [2.05, 4.69) is 10.3 Å². The number of rotatable bonds is 5. The average molecular weight is 428 g/mol. The molecule has 2 aliphatic rings. The van der Waals surface area contributed by atoms with Crippen molar-refractivity contribution in [3.05, 3.63) is 35.2 Å². The maximum Gasteiger partial charge on any atom is 0.254 e. The van der Waals surface area contributed by atoms with Crippen molar-refractivity contribution in [1.29, 1.82) is 0 Å². The fraction of sp³-hybridized carbons (Fsp3) is 0.545. The number of carbonyl (C=O) groups is 2. The lowest BCUT2D eigenvalue weighted by molar-refractivity contribution is -0.130. The Morgan fingerprint density at radius 2 is 1.87 bits per heavy atom. The molecule has 1 atom stereocenters. The van der Waals surface area contributed by atoms with Crippen LogP contribution in [0, 0.1) is 6.92 Å². The fourth-order valence-corrected chi connectivity index (χ4v) is 4.37. The van der Waals surface area contributed by atoms with Crippen LogP contribution in [0.2, 0.25) is 0 Å². The van der Waals surface area contributed by atoms with Crippen LogP contribution in [-0.2, 0) is 4.79 Å². The topological polar surface area (TPSA) is 98.0 Å². The molecule has 9 heteroatoms. The minimum atomic E-state index is -0.132. The highest BCUT2D eigenvalue weighted by molar-refractivity contribution is 5.95.